The monoisotopic (exact) mass is 317 g/mol. The van der Waals surface area contributed by atoms with E-state index in [0.717, 1.165) is 6.42 Å². The van der Waals surface area contributed by atoms with E-state index >= 15 is 0 Å². The van der Waals surface area contributed by atoms with Crippen LogP contribution in [0.2, 0.25) is 5.02 Å². The quantitative estimate of drug-likeness (QED) is 0.812. The summed E-state index contributed by atoms with van der Waals surface area (Å²) in [5, 5.41) is 3.47. The zero-order chi connectivity index (χ0) is 15.9. The Morgan fingerprint density at radius 2 is 1.91 bits per heavy atom. The normalized spacial score (nSPS) is 10.5. The van der Waals surface area contributed by atoms with Crippen molar-refractivity contribution < 1.29 is 9.53 Å². The van der Waals surface area contributed by atoms with Crippen molar-refractivity contribution in [3.05, 3.63) is 59.1 Å². The van der Waals surface area contributed by atoms with Gasteiger partial charge in [0.25, 0.3) is 5.91 Å². The molecule has 0 aromatic heterocycles. The molecule has 0 radical (unpaired) electrons. The van der Waals surface area contributed by atoms with Gasteiger partial charge in [-0.1, -0.05) is 31.5 Å². The molecule has 0 bridgehead atoms. The summed E-state index contributed by atoms with van der Waals surface area (Å²) < 4.78 is 5.68. The van der Waals surface area contributed by atoms with Crippen LogP contribution in [0.25, 0.3) is 0 Å². The molecule has 4 heteroatoms. The average Bonchev–Trinajstić information content (AvgIpc) is 2.49. The van der Waals surface area contributed by atoms with E-state index in [0.29, 0.717) is 34.5 Å². The molecule has 3 nitrogen and oxygen atoms in total. The van der Waals surface area contributed by atoms with Gasteiger partial charge in [-0.2, -0.15) is 0 Å². The molecule has 22 heavy (non-hydrogen) atoms. The second-order valence-corrected chi connectivity index (χ2v) is 5.96. The van der Waals surface area contributed by atoms with Crippen molar-refractivity contribution in [2.45, 2.75) is 20.3 Å². The van der Waals surface area contributed by atoms with Gasteiger partial charge < -0.3 is 10.1 Å². The Labute approximate surface area is 136 Å². The number of halogens is 1. The first-order valence-corrected chi connectivity index (χ1v) is 7.72. The van der Waals surface area contributed by atoms with Gasteiger partial charge in [-0.3, -0.25) is 4.79 Å². The fourth-order valence-electron chi connectivity index (χ4n) is 1.88. The lowest BCUT2D eigenvalue weighted by Gasteiger charge is -2.10. The average molecular weight is 318 g/mol. The van der Waals surface area contributed by atoms with Crippen LogP contribution < -0.4 is 10.1 Å². The maximum Gasteiger partial charge on any atom is 0.255 e. The highest BCUT2D eigenvalue weighted by Gasteiger charge is 2.07. The molecular weight excluding hydrogens is 298 g/mol. The first-order chi connectivity index (χ1) is 10.5. The molecule has 1 N–H and O–H groups in total. The topological polar surface area (TPSA) is 38.3 Å². The Balaban J connectivity index is 1.99. The van der Waals surface area contributed by atoms with Gasteiger partial charge >= 0.3 is 0 Å². The first-order valence-electron chi connectivity index (χ1n) is 7.34. The molecule has 0 atom stereocenters. The van der Waals surface area contributed by atoms with Crippen LogP contribution in [0.4, 0.5) is 5.69 Å². The first kappa shape index (κ1) is 16.4. The number of hydrogen-bond acceptors (Lipinski definition) is 2. The second kappa shape index (κ2) is 7.85. The predicted molar refractivity (Wildman–Crippen MR) is 90.8 cm³/mol. The van der Waals surface area contributed by atoms with Gasteiger partial charge in [0, 0.05) is 16.3 Å². The summed E-state index contributed by atoms with van der Waals surface area (Å²) in [6.45, 7) is 4.96. The van der Waals surface area contributed by atoms with Crippen LogP contribution >= 0.6 is 11.6 Å². The Kier molecular flexibility index (Phi) is 5.84. The molecular formula is C18H20ClNO2. The van der Waals surface area contributed by atoms with Crippen LogP contribution in [0.15, 0.2) is 48.5 Å². The van der Waals surface area contributed by atoms with E-state index in [1.54, 1.807) is 36.4 Å². The summed E-state index contributed by atoms with van der Waals surface area (Å²) in [4.78, 5) is 12.2. The molecule has 2 aromatic rings. The molecule has 0 fully saturated rings. The molecule has 0 aliphatic carbocycles. The molecule has 0 aliphatic rings. The lowest BCUT2D eigenvalue weighted by molar-refractivity contribution is 0.102. The number of carbonyl (C=O) groups excluding carboxylic acids is 1. The van der Waals surface area contributed by atoms with Crippen molar-refractivity contribution in [3.8, 4) is 5.75 Å². The van der Waals surface area contributed by atoms with Crippen molar-refractivity contribution in [1.82, 2.24) is 0 Å². The standard InChI is InChI=1S/C18H20ClNO2/c1-13(2)10-11-22-17-5-3-4-14(12-17)18(21)20-16-8-6-15(19)7-9-16/h3-9,12-13H,10-11H2,1-2H3,(H,20,21). The molecule has 116 valence electrons. The zero-order valence-electron chi connectivity index (χ0n) is 12.8. The van der Waals surface area contributed by atoms with Crippen LogP contribution in [0.5, 0.6) is 5.75 Å². The van der Waals surface area contributed by atoms with Gasteiger partial charge in [0.05, 0.1) is 6.61 Å². The highest BCUT2D eigenvalue weighted by molar-refractivity contribution is 6.30. The largest absolute Gasteiger partial charge is 0.494 e. The van der Waals surface area contributed by atoms with Gasteiger partial charge in [0.1, 0.15) is 5.75 Å². The molecule has 2 rings (SSSR count). The molecule has 0 aliphatic heterocycles. The lowest BCUT2D eigenvalue weighted by Crippen LogP contribution is -2.12. The maximum absolute atomic E-state index is 12.2. The van der Waals surface area contributed by atoms with Gasteiger partial charge in [-0.15, -0.1) is 0 Å². The minimum Gasteiger partial charge on any atom is -0.494 e. The maximum atomic E-state index is 12.2. The van der Waals surface area contributed by atoms with Crippen molar-refractivity contribution in [2.75, 3.05) is 11.9 Å². The van der Waals surface area contributed by atoms with E-state index < -0.39 is 0 Å². The zero-order valence-corrected chi connectivity index (χ0v) is 13.6. The fraction of sp³-hybridized carbons (Fsp3) is 0.278. The number of rotatable bonds is 6. The third-order valence-electron chi connectivity index (χ3n) is 3.16. The summed E-state index contributed by atoms with van der Waals surface area (Å²) in [5.74, 6) is 1.14. The van der Waals surface area contributed by atoms with Gasteiger partial charge in [-0.25, -0.2) is 0 Å². The summed E-state index contributed by atoms with van der Waals surface area (Å²) in [5.41, 5.74) is 1.28. The molecule has 1 amide bonds. The Morgan fingerprint density at radius 1 is 1.18 bits per heavy atom. The summed E-state index contributed by atoms with van der Waals surface area (Å²) in [7, 11) is 0. The summed E-state index contributed by atoms with van der Waals surface area (Å²) in [6.07, 6.45) is 0.987. The number of ether oxygens (including phenoxy) is 1. The molecule has 0 heterocycles. The van der Waals surface area contributed by atoms with Crippen molar-refractivity contribution >= 4 is 23.2 Å². The number of benzene rings is 2. The second-order valence-electron chi connectivity index (χ2n) is 5.52. The molecule has 0 unspecified atom stereocenters. The van der Waals surface area contributed by atoms with E-state index in [1.807, 2.05) is 12.1 Å². The smallest absolute Gasteiger partial charge is 0.255 e. The third-order valence-corrected chi connectivity index (χ3v) is 3.41. The minimum absolute atomic E-state index is 0.170. The molecule has 0 saturated heterocycles. The molecule has 2 aromatic carbocycles. The van der Waals surface area contributed by atoms with Crippen molar-refractivity contribution in [3.63, 3.8) is 0 Å². The van der Waals surface area contributed by atoms with E-state index in [-0.39, 0.29) is 5.91 Å². The Bertz CT molecular complexity index is 623. The van der Waals surface area contributed by atoms with Crippen molar-refractivity contribution in [1.29, 1.82) is 0 Å². The molecule has 0 spiro atoms. The van der Waals surface area contributed by atoms with Crippen LogP contribution in [-0.4, -0.2) is 12.5 Å². The predicted octanol–water partition coefficient (Wildman–Crippen LogP) is 5.02. The van der Waals surface area contributed by atoms with Crippen LogP contribution in [-0.2, 0) is 0 Å². The third kappa shape index (κ3) is 5.08. The van der Waals surface area contributed by atoms with Gasteiger partial charge in [-0.05, 0) is 54.8 Å². The van der Waals surface area contributed by atoms with Gasteiger partial charge in [0.2, 0.25) is 0 Å². The number of carbonyl (C=O) groups is 1. The van der Waals surface area contributed by atoms with E-state index in [2.05, 4.69) is 19.2 Å². The number of hydrogen-bond donors (Lipinski definition) is 1. The van der Waals surface area contributed by atoms with E-state index in [9.17, 15) is 4.79 Å². The lowest BCUT2D eigenvalue weighted by atomic mass is 10.1. The van der Waals surface area contributed by atoms with Gasteiger partial charge in [0.15, 0.2) is 0 Å². The number of amides is 1. The van der Waals surface area contributed by atoms with Crippen molar-refractivity contribution in [2.24, 2.45) is 5.92 Å². The van der Waals surface area contributed by atoms with Crippen LogP contribution in [0.1, 0.15) is 30.6 Å². The van der Waals surface area contributed by atoms with Crippen LogP contribution in [0, 0.1) is 5.92 Å². The summed E-state index contributed by atoms with van der Waals surface area (Å²) in [6, 6.07) is 14.2. The number of anilines is 1. The SMILES string of the molecule is CC(C)CCOc1cccc(C(=O)Nc2ccc(Cl)cc2)c1. The fourth-order valence-corrected chi connectivity index (χ4v) is 2.00. The van der Waals surface area contributed by atoms with Crippen LogP contribution in [0.3, 0.4) is 0 Å². The highest BCUT2D eigenvalue weighted by Crippen LogP contribution is 2.17. The van der Waals surface area contributed by atoms with E-state index in [1.165, 1.54) is 0 Å². The van der Waals surface area contributed by atoms with E-state index in [4.69, 9.17) is 16.3 Å². The summed E-state index contributed by atoms with van der Waals surface area (Å²) >= 11 is 5.83. The number of nitrogens with one attached hydrogen (secondary N) is 1. The molecule has 0 saturated carbocycles. The highest BCUT2D eigenvalue weighted by atomic mass is 35.5. The minimum atomic E-state index is -0.170. The Morgan fingerprint density at radius 3 is 2.59 bits per heavy atom. The Hall–Kier alpha value is -2.00.